The quantitative estimate of drug-likeness (QED) is 0.555. The third-order valence-corrected chi connectivity index (χ3v) is 5.23. The van der Waals surface area contributed by atoms with Crippen molar-refractivity contribution in [2.75, 3.05) is 30.8 Å². The number of amides is 3. The highest BCUT2D eigenvalue weighted by Gasteiger charge is 2.21. The van der Waals surface area contributed by atoms with Crippen LogP contribution in [0.5, 0.6) is 5.75 Å². The second-order valence-corrected chi connectivity index (χ2v) is 7.39. The Kier molecular flexibility index (Phi) is 7.40. The molecule has 7 nitrogen and oxygen atoms in total. The minimum Gasteiger partial charge on any atom is -0.497 e. The van der Waals surface area contributed by atoms with Gasteiger partial charge >= 0.3 is 0 Å². The summed E-state index contributed by atoms with van der Waals surface area (Å²) < 4.78 is 5.16. The molecular weight excluding hydrogens is 414 g/mol. The number of thiophene rings is 1. The molecule has 3 amide bonds. The van der Waals surface area contributed by atoms with Crippen molar-refractivity contribution in [1.82, 2.24) is 4.90 Å². The number of benzene rings is 2. The minimum absolute atomic E-state index is 0.126. The number of hydrogen-bond donors (Lipinski definition) is 2. The largest absolute Gasteiger partial charge is 0.497 e. The van der Waals surface area contributed by atoms with Crippen molar-refractivity contribution < 1.29 is 19.1 Å². The van der Waals surface area contributed by atoms with Gasteiger partial charge < -0.3 is 20.3 Å². The lowest BCUT2D eigenvalue weighted by Crippen LogP contribution is -2.38. The van der Waals surface area contributed by atoms with Crippen LogP contribution in [0, 0.1) is 0 Å². The number of nitrogens with zero attached hydrogens (tertiary/aromatic N) is 1. The highest BCUT2D eigenvalue weighted by Crippen LogP contribution is 2.20. The highest BCUT2D eigenvalue weighted by molar-refractivity contribution is 7.08. The summed E-state index contributed by atoms with van der Waals surface area (Å²) in [6.07, 6.45) is 0. The van der Waals surface area contributed by atoms with Gasteiger partial charge in [-0.2, -0.15) is 11.3 Å². The average Bonchev–Trinajstić information content (AvgIpc) is 3.33. The Labute approximate surface area is 184 Å². The van der Waals surface area contributed by atoms with Crippen LogP contribution in [0.4, 0.5) is 11.4 Å². The Morgan fingerprint density at radius 2 is 1.84 bits per heavy atom. The zero-order chi connectivity index (χ0) is 22.2. The van der Waals surface area contributed by atoms with Gasteiger partial charge in [0.05, 0.1) is 23.9 Å². The Morgan fingerprint density at radius 3 is 2.55 bits per heavy atom. The van der Waals surface area contributed by atoms with Gasteiger partial charge in [0.15, 0.2) is 0 Å². The van der Waals surface area contributed by atoms with Crippen LogP contribution < -0.4 is 15.4 Å². The van der Waals surface area contributed by atoms with Crippen molar-refractivity contribution in [1.29, 1.82) is 0 Å². The van der Waals surface area contributed by atoms with Crippen LogP contribution in [-0.2, 0) is 4.79 Å². The molecule has 0 aliphatic carbocycles. The lowest BCUT2D eigenvalue weighted by Gasteiger charge is -2.22. The van der Waals surface area contributed by atoms with Gasteiger partial charge in [0, 0.05) is 23.7 Å². The standard InChI is InChI=1S/C23H23N3O4S/c1-3-26(14-21(27)24-17-7-6-8-18(13-17)30-2)23(29)19-9-4-5-10-20(19)25-22(28)16-11-12-31-15-16/h4-13,15H,3,14H2,1-2H3,(H,24,27)(H,25,28). The summed E-state index contributed by atoms with van der Waals surface area (Å²) in [6.45, 7) is 2.00. The van der Waals surface area contributed by atoms with Crippen LogP contribution in [0.1, 0.15) is 27.6 Å². The van der Waals surface area contributed by atoms with Gasteiger partial charge in [0.2, 0.25) is 5.91 Å². The molecule has 8 heteroatoms. The van der Waals surface area contributed by atoms with Gasteiger partial charge in [0.1, 0.15) is 12.3 Å². The summed E-state index contributed by atoms with van der Waals surface area (Å²) in [5, 5.41) is 9.10. The molecule has 160 valence electrons. The van der Waals surface area contributed by atoms with E-state index in [-0.39, 0.29) is 24.3 Å². The first kappa shape index (κ1) is 22.0. The molecule has 2 N–H and O–H groups in total. The number of carbonyl (C=O) groups is 3. The van der Waals surface area contributed by atoms with Crippen molar-refractivity contribution in [3.63, 3.8) is 0 Å². The van der Waals surface area contributed by atoms with Gasteiger partial charge in [-0.15, -0.1) is 0 Å². The second-order valence-electron chi connectivity index (χ2n) is 6.61. The fraction of sp³-hybridized carbons (Fsp3) is 0.174. The molecule has 0 spiro atoms. The summed E-state index contributed by atoms with van der Waals surface area (Å²) in [7, 11) is 1.55. The van der Waals surface area contributed by atoms with E-state index < -0.39 is 0 Å². The van der Waals surface area contributed by atoms with Crippen LogP contribution in [0.3, 0.4) is 0 Å². The van der Waals surface area contributed by atoms with Gasteiger partial charge in [-0.05, 0) is 42.6 Å². The van der Waals surface area contributed by atoms with Crippen LogP contribution in [0.2, 0.25) is 0 Å². The molecule has 3 aromatic rings. The SMILES string of the molecule is CCN(CC(=O)Nc1cccc(OC)c1)C(=O)c1ccccc1NC(=O)c1ccsc1. The van der Waals surface area contributed by atoms with Gasteiger partial charge in [-0.3, -0.25) is 14.4 Å². The molecule has 0 aliphatic heterocycles. The topological polar surface area (TPSA) is 87.7 Å². The maximum Gasteiger partial charge on any atom is 0.256 e. The Bertz CT molecular complexity index is 1070. The Balaban J connectivity index is 1.71. The third kappa shape index (κ3) is 5.70. The molecule has 0 unspecified atom stereocenters. The molecule has 0 bridgehead atoms. The number of carbonyl (C=O) groups excluding carboxylic acids is 3. The fourth-order valence-electron chi connectivity index (χ4n) is 2.94. The monoisotopic (exact) mass is 437 g/mol. The van der Waals surface area contributed by atoms with Crippen LogP contribution in [-0.4, -0.2) is 42.8 Å². The van der Waals surface area contributed by atoms with E-state index in [4.69, 9.17) is 4.74 Å². The molecule has 0 aliphatic rings. The van der Waals surface area contributed by atoms with E-state index in [1.807, 2.05) is 5.38 Å². The molecule has 31 heavy (non-hydrogen) atoms. The number of methoxy groups -OCH3 is 1. The lowest BCUT2D eigenvalue weighted by molar-refractivity contribution is -0.116. The normalized spacial score (nSPS) is 10.3. The zero-order valence-electron chi connectivity index (χ0n) is 17.3. The van der Waals surface area contributed by atoms with Crippen molar-refractivity contribution in [3.05, 3.63) is 76.5 Å². The molecule has 0 atom stereocenters. The van der Waals surface area contributed by atoms with Crippen molar-refractivity contribution >= 4 is 40.4 Å². The molecule has 3 rings (SSSR count). The van der Waals surface area contributed by atoms with E-state index in [0.29, 0.717) is 34.8 Å². The van der Waals surface area contributed by atoms with Crippen LogP contribution in [0.15, 0.2) is 65.4 Å². The van der Waals surface area contributed by atoms with Crippen LogP contribution >= 0.6 is 11.3 Å². The lowest BCUT2D eigenvalue weighted by atomic mass is 10.1. The maximum atomic E-state index is 13.1. The number of likely N-dealkylation sites (N-methyl/N-ethyl adjacent to an activating group) is 1. The van der Waals surface area contributed by atoms with Gasteiger partial charge in [0.25, 0.3) is 11.8 Å². The van der Waals surface area contributed by atoms with E-state index in [0.717, 1.165) is 0 Å². The maximum absolute atomic E-state index is 13.1. The summed E-state index contributed by atoms with van der Waals surface area (Å²) in [5.41, 5.74) is 1.83. The van der Waals surface area contributed by atoms with E-state index in [1.54, 1.807) is 74.0 Å². The van der Waals surface area contributed by atoms with E-state index in [9.17, 15) is 14.4 Å². The van der Waals surface area contributed by atoms with Gasteiger partial charge in [-0.25, -0.2) is 0 Å². The van der Waals surface area contributed by atoms with Crippen molar-refractivity contribution in [2.24, 2.45) is 0 Å². The van der Waals surface area contributed by atoms with Crippen molar-refractivity contribution in [3.8, 4) is 5.75 Å². The first-order valence-electron chi connectivity index (χ1n) is 9.67. The summed E-state index contributed by atoms with van der Waals surface area (Å²) in [6, 6.07) is 15.5. The minimum atomic E-state index is -0.343. The smallest absolute Gasteiger partial charge is 0.256 e. The van der Waals surface area contributed by atoms with Gasteiger partial charge in [-0.1, -0.05) is 18.2 Å². The number of hydrogen-bond acceptors (Lipinski definition) is 5. The average molecular weight is 438 g/mol. The predicted octanol–water partition coefficient (Wildman–Crippen LogP) is 4.11. The zero-order valence-corrected chi connectivity index (χ0v) is 18.1. The second kappa shape index (κ2) is 10.4. The summed E-state index contributed by atoms with van der Waals surface area (Å²) in [5.74, 6) is -0.343. The fourth-order valence-corrected chi connectivity index (χ4v) is 3.57. The third-order valence-electron chi connectivity index (χ3n) is 4.55. The predicted molar refractivity (Wildman–Crippen MR) is 122 cm³/mol. The molecule has 1 heterocycles. The molecule has 0 saturated heterocycles. The van der Waals surface area contributed by atoms with E-state index in [2.05, 4.69) is 10.6 Å². The van der Waals surface area contributed by atoms with E-state index in [1.165, 1.54) is 16.2 Å². The van der Waals surface area contributed by atoms with Crippen LogP contribution in [0.25, 0.3) is 0 Å². The molecule has 0 radical (unpaired) electrons. The first-order valence-corrected chi connectivity index (χ1v) is 10.6. The number of anilines is 2. The number of para-hydroxylation sites is 1. The number of ether oxygens (including phenoxy) is 1. The summed E-state index contributed by atoms with van der Waals surface area (Å²) >= 11 is 1.42. The summed E-state index contributed by atoms with van der Waals surface area (Å²) in [4.78, 5) is 39.5. The molecular formula is C23H23N3O4S. The highest BCUT2D eigenvalue weighted by atomic mass is 32.1. The number of rotatable bonds is 8. The van der Waals surface area contributed by atoms with Crippen molar-refractivity contribution in [2.45, 2.75) is 6.92 Å². The first-order chi connectivity index (χ1) is 15.0. The Hall–Kier alpha value is -3.65. The molecule has 0 fully saturated rings. The molecule has 1 aromatic heterocycles. The molecule has 2 aromatic carbocycles. The number of nitrogens with one attached hydrogen (secondary N) is 2. The van der Waals surface area contributed by atoms with E-state index >= 15 is 0 Å². The Morgan fingerprint density at radius 1 is 1.03 bits per heavy atom. The molecule has 0 saturated carbocycles.